The molecule has 5 rings (SSSR count). The molecule has 0 radical (unpaired) electrons. The predicted molar refractivity (Wildman–Crippen MR) is 150 cm³/mol. The molecular weight excluding hydrogens is 508 g/mol. The molecule has 1 aromatic carbocycles. The molecule has 2 saturated heterocycles. The first-order valence-corrected chi connectivity index (χ1v) is 13.3. The minimum atomic E-state index is -0.228. The van der Waals surface area contributed by atoms with Crippen LogP contribution in [0.25, 0.3) is 11.7 Å². The second-order valence-electron chi connectivity index (χ2n) is 9.32. The molecule has 2 fully saturated rings. The van der Waals surface area contributed by atoms with Crippen LogP contribution in [0.1, 0.15) is 30.5 Å². The third-order valence-electron chi connectivity index (χ3n) is 6.43. The van der Waals surface area contributed by atoms with Crippen molar-refractivity contribution in [3.05, 3.63) is 74.5 Å². The molecule has 2 atom stereocenters. The number of ether oxygens (including phenoxy) is 2. The number of carbonyl (C=O) groups excluding carboxylic acids is 1. The van der Waals surface area contributed by atoms with Crippen LogP contribution in [0.3, 0.4) is 0 Å². The predicted octanol–water partition coefficient (Wildman–Crippen LogP) is 4.03. The second-order valence-corrected chi connectivity index (χ2v) is 11.0. The van der Waals surface area contributed by atoms with Gasteiger partial charge in [-0.05, 0) is 56.2 Å². The summed E-state index contributed by atoms with van der Waals surface area (Å²) >= 11 is 6.75. The number of hydrogen-bond acceptors (Lipinski definition) is 8. The third kappa shape index (κ3) is 5.01. The van der Waals surface area contributed by atoms with Gasteiger partial charge < -0.3 is 14.4 Å². The number of rotatable bonds is 5. The number of morpholine rings is 1. The zero-order valence-electron chi connectivity index (χ0n) is 21.1. The number of pyridine rings is 1. The Balaban J connectivity index is 1.56. The van der Waals surface area contributed by atoms with E-state index in [1.54, 1.807) is 24.3 Å². The number of methoxy groups -OCH3 is 1. The Kier molecular flexibility index (Phi) is 7.06. The van der Waals surface area contributed by atoms with Crippen LogP contribution in [-0.2, 0) is 16.1 Å². The van der Waals surface area contributed by atoms with Gasteiger partial charge in [0.25, 0.3) is 11.5 Å². The quantitative estimate of drug-likeness (QED) is 0.358. The average molecular weight is 537 g/mol. The Labute approximate surface area is 224 Å². The maximum Gasteiger partial charge on any atom is 0.267 e. The summed E-state index contributed by atoms with van der Waals surface area (Å²) < 4.78 is 13.1. The van der Waals surface area contributed by atoms with Crippen LogP contribution in [0.5, 0.6) is 5.75 Å². The van der Waals surface area contributed by atoms with Crippen molar-refractivity contribution in [1.29, 1.82) is 0 Å². The number of thioether (sulfide) groups is 1. The molecule has 0 aliphatic carbocycles. The highest BCUT2D eigenvalue weighted by atomic mass is 32.2. The number of hydrogen-bond donors (Lipinski definition) is 0. The van der Waals surface area contributed by atoms with Gasteiger partial charge in [-0.25, -0.2) is 4.98 Å². The Morgan fingerprint density at radius 2 is 1.86 bits per heavy atom. The Bertz CT molecular complexity index is 1460. The van der Waals surface area contributed by atoms with Gasteiger partial charge in [-0.2, -0.15) is 0 Å². The fourth-order valence-electron chi connectivity index (χ4n) is 4.70. The SMILES string of the molecule is COc1ccc(CN2C(=O)/C(=C/c3c(N4C[C@H](C)O[C@@H](C)C4)nc4c(C)cccn4c3=O)SC2=S)cc1. The normalized spacial score (nSPS) is 21.4. The summed E-state index contributed by atoms with van der Waals surface area (Å²) in [5, 5.41) is 0. The molecule has 1 amide bonds. The van der Waals surface area contributed by atoms with Gasteiger partial charge in [0.2, 0.25) is 0 Å². The van der Waals surface area contributed by atoms with E-state index in [0.717, 1.165) is 16.9 Å². The lowest BCUT2D eigenvalue weighted by Crippen LogP contribution is -2.46. The first-order valence-electron chi connectivity index (χ1n) is 12.1. The van der Waals surface area contributed by atoms with Crippen molar-refractivity contribution in [2.45, 2.75) is 39.5 Å². The highest BCUT2D eigenvalue weighted by Gasteiger charge is 2.34. The first kappa shape index (κ1) is 25.4. The van der Waals surface area contributed by atoms with E-state index >= 15 is 0 Å². The summed E-state index contributed by atoms with van der Waals surface area (Å²) in [6.07, 6.45) is 3.32. The number of fused-ring (bicyclic) bond motifs is 1. The maximum atomic E-state index is 13.8. The fourth-order valence-corrected chi connectivity index (χ4v) is 5.94. The smallest absolute Gasteiger partial charge is 0.267 e. The first-order chi connectivity index (χ1) is 17.7. The van der Waals surface area contributed by atoms with Gasteiger partial charge in [0.05, 0.1) is 36.3 Å². The summed E-state index contributed by atoms with van der Waals surface area (Å²) in [6.45, 7) is 7.47. The van der Waals surface area contributed by atoms with Gasteiger partial charge in [0.15, 0.2) is 0 Å². The zero-order valence-corrected chi connectivity index (χ0v) is 22.8. The minimum Gasteiger partial charge on any atom is -0.497 e. The minimum absolute atomic E-state index is 0.0172. The Hall–Kier alpha value is -3.21. The average Bonchev–Trinajstić information content (AvgIpc) is 3.13. The molecule has 37 heavy (non-hydrogen) atoms. The third-order valence-corrected chi connectivity index (χ3v) is 7.81. The van der Waals surface area contributed by atoms with Crippen molar-refractivity contribution in [3.63, 3.8) is 0 Å². The second kappa shape index (κ2) is 10.3. The number of benzene rings is 1. The van der Waals surface area contributed by atoms with Crippen molar-refractivity contribution >= 4 is 51.7 Å². The van der Waals surface area contributed by atoms with Crippen molar-refractivity contribution in [2.75, 3.05) is 25.1 Å². The molecule has 0 saturated carbocycles. The van der Waals surface area contributed by atoms with Crippen LogP contribution in [-0.4, -0.2) is 56.9 Å². The number of carbonyl (C=O) groups is 1. The topological polar surface area (TPSA) is 76.4 Å². The number of aromatic nitrogens is 2. The zero-order chi connectivity index (χ0) is 26.3. The molecule has 0 bridgehead atoms. The Morgan fingerprint density at radius 1 is 1.16 bits per heavy atom. The van der Waals surface area contributed by atoms with E-state index in [4.69, 9.17) is 26.7 Å². The molecule has 0 N–H and O–H groups in total. The molecule has 192 valence electrons. The molecule has 2 aromatic heterocycles. The molecular formula is C27H28N4O4S2. The van der Waals surface area contributed by atoms with Gasteiger partial charge in [-0.3, -0.25) is 18.9 Å². The number of amides is 1. The summed E-state index contributed by atoms with van der Waals surface area (Å²) in [5.41, 5.74) is 2.56. The van der Waals surface area contributed by atoms with Crippen molar-refractivity contribution in [1.82, 2.24) is 14.3 Å². The van der Waals surface area contributed by atoms with E-state index in [0.29, 0.717) is 45.9 Å². The molecule has 0 spiro atoms. The molecule has 2 aliphatic rings. The van der Waals surface area contributed by atoms with E-state index < -0.39 is 0 Å². The van der Waals surface area contributed by atoms with Gasteiger partial charge in [-0.15, -0.1) is 0 Å². The van der Waals surface area contributed by atoms with E-state index in [1.807, 2.05) is 57.2 Å². The van der Waals surface area contributed by atoms with Crippen LogP contribution in [0.2, 0.25) is 0 Å². The van der Waals surface area contributed by atoms with Crippen LogP contribution in [0.4, 0.5) is 5.82 Å². The molecule has 2 aliphatic heterocycles. The largest absolute Gasteiger partial charge is 0.497 e. The molecule has 0 unspecified atom stereocenters. The van der Waals surface area contributed by atoms with Crippen molar-refractivity contribution < 1.29 is 14.3 Å². The van der Waals surface area contributed by atoms with E-state index in [-0.39, 0.29) is 23.7 Å². The fraction of sp³-hybridized carbons (Fsp3) is 0.333. The monoisotopic (exact) mass is 536 g/mol. The standard InChI is InChI=1S/C27H28N4O4S2/c1-16-6-5-11-30-23(16)28-24(29-13-17(2)35-18(3)14-29)21(25(30)32)12-22-26(33)31(27(36)37-22)15-19-7-9-20(34-4)10-8-19/h5-12,17-18H,13-15H2,1-4H3/b22-12-/t17-,18-/m0/s1. The molecule has 8 nitrogen and oxygen atoms in total. The highest BCUT2D eigenvalue weighted by Crippen LogP contribution is 2.35. The van der Waals surface area contributed by atoms with E-state index in [1.165, 1.54) is 16.2 Å². The lowest BCUT2D eigenvalue weighted by atomic mass is 10.1. The number of anilines is 1. The van der Waals surface area contributed by atoms with E-state index in [2.05, 4.69) is 4.90 Å². The maximum absolute atomic E-state index is 13.8. The summed E-state index contributed by atoms with van der Waals surface area (Å²) in [4.78, 5) is 36.2. The summed E-state index contributed by atoms with van der Waals surface area (Å²) in [5.74, 6) is 1.07. The van der Waals surface area contributed by atoms with Crippen molar-refractivity contribution in [2.24, 2.45) is 0 Å². The van der Waals surface area contributed by atoms with Crippen LogP contribution in [0, 0.1) is 6.92 Å². The highest BCUT2D eigenvalue weighted by molar-refractivity contribution is 8.26. The van der Waals surface area contributed by atoms with E-state index in [9.17, 15) is 9.59 Å². The molecule has 3 aromatic rings. The van der Waals surface area contributed by atoms with Crippen LogP contribution in [0.15, 0.2) is 52.3 Å². The molecule has 4 heterocycles. The van der Waals surface area contributed by atoms with Crippen LogP contribution >= 0.6 is 24.0 Å². The summed E-state index contributed by atoms with van der Waals surface area (Å²) in [7, 11) is 1.61. The van der Waals surface area contributed by atoms with Gasteiger partial charge in [0, 0.05) is 19.3 Å². The Morgan fingerprint density at radius 3 is 2.54 bits per heavy atom. The lowest BCUT2D eigenvalue weighted by molar-refractivity contribution is -0.122. The summed E-state index contributed by atoms with van der Waals surface area (Å²) in [6, 6.07) is 11.3. The van der Waals surface area contributed by atoms with Gasteiger partial charge in [0.1, 0.15) is 21.5 Å². The number of nitrogens with zero attached hydrogens (tertiary/aromatic N) is 4. The number of aryl methyl sites for hydroxylation is 1. The van der Waals surface area contributed by atoms with Crippen molar-refractivity contribution in [3.8, 4) is 5.75 Å². The van der Waals surface area contributed by atoms with Crippen LogP contribution < -0.4 is 15.2 Å². The number of thiocarbonyl (C=S) groups is 1. The lowest BCUT2D eigenvalue weighted by Gasteiger charge is -2.36. The van der Waals surface area contributed by atoms with Gasteiger partial charge in [-0.1, -0.05) is 42.2 Å². The molecule has 10 heteroatoms. The van der Waals surface area contributed by atoms with Gasteiger partial charge >= 0.3 is 0 Å².